The Morgan fingerprint density at radius 3 is 2.23 bits per heavy atom. The molecule has 1 amide bonds. The fourth-order valence-electron chi connectivity index (χ4n) is 3.64. The van der Waals surface area contributed by atoms with Crippen molar-refractivity contribution in [2.75, 3.05) is 6.54 Å². The minimum Gasteiger partial charge on any atom is -0.489 e. The quantitative estimate of drug-likeness (QED) is 0.211. The summed E-state index contributed by atoms with van der Waals surface area (Å²) >= 11 is 0. The van der Waals surface area contributed by atoms with Crippen LogP contribution in [0.2, 0.25) is 0 Å². The highest BCUT2D eigenvalue weighted by Crippen LogP contribution is 2.19. The summed E-state index contributed by atoms with van der Waals surface area (Å²) in [5, 5.41) is 3.97. The molecule has 0 fully saturated rings. The van der Waals surface area contributed by atoms with Crippen molar-refractivity contribution in [2.24, 2.45) is 5.10 Å². The van der Waals surface area contributed by atoms with Crippen molar-refractivity contribution in [1.29, 1.82) is 0 Å². The summed E-state index contributed by atoms with van der Waals surface area (Å²) in [5.74, 6) is -0.362. The van der Waals surface area contributed by atoms with Gasteiger partial charge in [0.05, 0.1) is 17.7 Å². The second kappa shape index (κ2) is 12.9. The van der Waals surface area contributed by atoms with Gasteiger partial charge in [-0.05, 0) is 72.1 Å². The van der Waals surface area contributed by atoms with Crippen molar-refractivity contribution in [1.82, 2.24) is 9.73 Å². The normalized spacial score (nSPS) is 11.6. The van der Waals surface area contributed by atoms with Crippen LogP contribution in [0.15, 0.2) is 113 Å². The van der Waals surface area contributed by atoms with Gasteiger partial charge in [0, 0.05) is 6.54 Å². The molecule has 0 saturated carbocycles. The molecule has 0 heterocycles. The summed E-state index contributed by atoms with van der Waals surface area (Å²) in [4.78, 5) is 12.7. The Bertz CT molecular complexity index is 1510. The van der Waals surface area contributed by atoms with Gasteiger partial charge in [0.1, 0.15) is 18.2 Å². The zero-order chi connectivity index (χ0) is 27.7. The van der Waals surface area contributed by atoms with E-state index in [4.69, 9.17) is 4.74 Å². The molecule has 0 spiro atoms. The Hall–Kier alpha value is -4.34. The first-order chi connectivity index (χ1) is 18.8. The number of halogens is 1. The van der Waals surface area contributed by atoms with Gasteiger partial charge in [-0.3, -0.25) is 4.79 Å². The third-order valence-electron chi connectivity index (χ3n) is 5.78. The summed E-state index contributed by atoms with van der Waals surface area (Å²) in [6.45, 7) is 1.71. The predicted molar refractivity (Wildman–Crippen MR) is 148 cm³/mol. The van der Waals surface area contributed by atoms with Crippen LogP contribution in [-0.2, 0) is 28.0 Å². The fourth-order valence-corrected chi connectivity index (χ4v) is 5.03. The molecule has 0 bridgehead atoms. The van der Waals surface area contributed by atoms with Crippen molar-refractivity contribution in [3.8, 4) is 5.75 Å². The summed E-state index contributed by atoms with van der Waals surface area (Å²) in [7, 11) is -4.02. The number of ether oxygens (including phenoxy) is 1. The number of nitrogens with one attached hydrogen (secondary N) is 1. The Morgan fingerprint density at radius 1 is 0.897 bits per heavy atom. The highest BCUT2D eigenvalue weighted by Gasteiger charge is 2.27. The molecule has 0 aliphatic rings. The van der Waals surface area contributed by atoms with E-state index in [1.807, 2.05) is 37.3 Å². The van der Waals surface area contributed by atoms with Gasteiger partial charge in [-0.2, -0.15) is 9.41 Å². The summed E-state index contributed by atoms with van der Waals surface area (Å²) in [5.41, 5.74) is 5.61. The third kappa shape index (κ3) is 8.07. The first-order valence-electron chi connectivity index (χ1n) is 12.2. The Balaban J connectivity index is 1.39. The van der Waals surface area contributed by atoms with Gasteiger partial charge in [-0.15, -0.1) is 0 Å². The largest absolute Gasteiger partial charge is 0.489 e. The highest BCUT2D eigenvalue weighted by molar-refractivity contribution is 7.89. The first-order valence-corrected chi connectivity index (χ1v) is 13.6. The highest BCUT2D eigenvalue weighted by atomic mass is 32.2. The molecule has 0 saturated heterocycles. The average molecular weight is 546 g/mol. The van der Waals surface area contributed by atoms with Crippen molar-refractivity contribution in [3.05, 3.63) is 131 Å². The molecule has 39 heavy (non-hydrogen) atoms. The molecular weight excluding hydrogens is 517 g/mol. The van der Waals surface area contributed by atoms with Crippen molar-refractivity contribution < 1.29 is 22.3 Å². The second-order valence-corrected chi connectivity index (χ2v) is 10.8. The molecule has 4 aromatic carbocycles. The monoisotopic (exact) mass is 545 g/mol. The number of aryl methyl sites for hydroxylation is 1. The van der Waals surface area contributed by atoms with Crippen LogP contribution in [-0.4, -0.2) is 31.4 Å². The summed E-state index contributed by atoms with van der Waals surface area (Å²) in [6, 6.07) is 28.8. The van der Waals surface area contributed by atoms with Crippen LogP contribution in [0.4, 0.5) is 4.39 Å². The third-order valence-corrected chi connectivity index (χ3v) is 7.59. The standard InChI is InChI=1S/C30H28FN3O4S/c1-23-7-17-29(18-8-23)39(36,37)34(20-25-9-13-27(31)14-10-25)21-30(35)33-32-19-24-11-15-28(16-12-24)38-22-26-5-3-2-4-6-26/h2-19H,20-22H2,1H3,(H,33,35)/b32-19-. The maximum atomic E-state index is 13.4. The maximum absolute atomic E-state index is 13.4. The molecular formula is C30H28FN3O4S. The van der Waals surface area contributed by atoms with Crippen LogP contribution in [0.1, 0.15) is 22.3 Å². The van der Waals surface area contributed by atoms with E-state index in [9.17, 15) is 17.6 Å². The second-order valence-electron chi connectivity index (χ2n) is 8.85. The van der Waals surface area contributed by atoms with E-state index in [0.717, 1.165) is 21.0 Å². The molecule has 7 nitrogen and oxygen atoms in total. The molecule has 4 rings (SSSR count). The molecule has 0 unspecified atom stereocenters. The number of hydrogen-bond donors (Lipinski definition) is 1. The van der Waals surface area contributed by atoms with E-state index in [1.165, 1.54) is 42.6 Å². The smallest absolute Gasteiger partial charge is 0.255 e. The number of benzene rings is 4. The topological polar surface area (TPSA) is 88.1 Å². The van der Waals surface area contributed by atoms with Crippen molar-refractivity contribution in [2.45, 2.75) is 25.0 Å². The minimum atomic E-state index is -4.02. The Morgan fingerprint density at radius 2 is 1.56 bits per heavy atom. The number of nitrogens with zero attached hydrogens (tertiary/aromatic N) is 2. The van der Waals surface area contributed by atoms with Gasteiger partial charge in [0.2, 0.25) is 10.0 Å². The lowest BCUT2D eigenvalue weighted by atomic mass is 10.2. The molecule has 0 atom stereocenters. The van der Waals surface area contributed by atoms with E-state index < -0.39 is 28.3 Å². The number of amides is 1. The van der Waals surface area contributed by atoms with Crippen molar-refractivity contribution >= 4 is 22.1 Å². The van der Waals surface area contributed by atoms with Crippen molar-refractivity contribution in [3.63, 3.8) is 0 Å². The van der Waals surface area contributed by atoms with E-state index in [0.29, 0.717) is 17.9 Å². The number of carbonyl (C=O) groups excluding carboxylic acids is 1. The lowest BCUT2D eigenvalue weighted by Gasteiger charge is -2.21. The van der Waals surface area contributed by atoms with Gasteiger partial charge in [-0.25, -0.2) is 18.2 Å². The Kier molecular flexibility index (Phi) is 9.19. The van der Waals surface area contributed by atoms with Crippen LogP contribution in [0.5, 0.6) is 5.75 Å². The average Bonchev–Trinajstić information content (AvgIpc) is 2.94. The van der Waals surface area contributed by atoms with Crippen LogP contribution >= 0.6 is 0 Å². The van der Waals surface area contributed by atoms with Crippen LogP contribution in [0, 0.1) is 12.7 Å². The summed E-state index contributed by atoms with van der Waals surface area (Å²) in [6.07, 6.45) is 1.46. The van der Waals surface area contributed by atoms with E-state index in [-0.39, 0.29) is 11.4 Å². The molecule has 0 aromatic heterocycles. The molecule has 1 N–H and O–H groups in total. The lowest BCUT2D eigenvalue weighted by molar-refractivity contribution is -0.121. The van der Waals surface area contributed by atoms with E-state index >= 15 is 0 Å². The molecule has 4 aromatic rings. The molecule has 0 aliphatic carbocycles. The number of sulfonamides is 1. The summed E-state index contributed by atoms with van der Waals surface area (Å²) < 4.78 is 46.9. The molecule has 0 aliphatic heterocycles. The van der Waals surface area contributed by atoms with Gasteiger partial charge >= 0.3 is 0 Å². The van der Waals surface area contributed by atoms with Crippen LogP contribution in [0.3, 0.4) is 0 Å². The number of rotatable bonds is 11. The maximum Gasteiger partial charge on any atom is 0.255 e. The predicted octanol–water partition coefficient (Wildman–Crippen LogP) is 5.05. The van der Waals surface area contributed by atoms with Gasteiger partial charge in [0.25, 0.3) is 5.91 Å². The number of carbonyl (C=O) groups is 1. The molecule has 200 valence electrons. The van der Waals surface area contributed by atoms with Crippen LogP contribution < -0.4 is 10.2 Å². The SMILES string of the molecule is Cc1ccc(S(=O)(=O)N(CC(=O)N/N=C\c2ccc(OCc3ccccc3)cc2)Cc2ccc(F)cc2)cc1. The van der Waals surface area contributed by atoms with E-state index in [1.54, 1.807) is 36.4 Å². The number of hydrogen-bond acceptors (Lipinski definition) is 5. The zero-order valence-corrected chi connectivity index (χ0v) is 22.1. The van der Waals surface area contributed by atoms with Gasteiger partial charge < -0.3 is 4.74 Å². The fraction of sp³-hybridized carbons (Fsp3) is 0.133. The minimum absolute atomic E-state index is 0.0566. The lowest BCUT2D eigenvalue weighted by Crippen LogP contribution is -2.39. The first kappa shape index (κ1) is 27.7. The van der Waals surface area contributed by atoms with Gasteiger partial charge in [0.15, 0.2) is 0 Å². The van der Waals surface area contributed by atoms with Gasteiger partial charge in [-0.1, -0.05) is 60.2 Å². The van der Waals surface area contributed by atoms with Crippen LogP contribution in [0.25, 0.3) is 0 Å². The van der Waals surface area contributed by atoms with E-state index in [2.05, 4.69) is 10.5 Å². The zero-order valence-electron chi connectivity index (χ0n) is 21.3. The number of hydrazone groups is 1. The Labute approximate surface area is 227 Å². The molecule has 0 radical (unpaired) electrons. The molecule has 9 heteroatoms.